The second kappa shape index (κ2) is 3.64. The van der Waals surface area contributed by atoms with Gasteiger partial charge in [0.2, 0.25) is 0 Å². The maximum absolute atomic E-state index is 11.9. The summed E-state index contributed by atoms with van der Waals surface area (Å²) in [6.07, 6.45) is 0.258. The molecular weight excluding hydrogens is 150 g/mol. The number of nitrogens with zero attached hydrogens (tertiary/aromatic N) is 1. The molecule has 0 unspecified atom stereocenters. The van der Waals surface area contributed by atoms with Gasteiger partial charge < -0.3 is 4.90 Å². The predicted molar refractivity (Wildman–Crippen MR) is 39.2 cm³/mol. The van der Waals surface area contributed by atoms with Crippen LogP contribution in [0.1, 0.15) is 19.3 Å². The molecule has 0 spiro atoms. The highest BCUT2D eigenvalue weighted by molar-refractivity contribution is 5.79. The molecule has 0 atom stereocenters. The normalized spacial score (nSPS) is 19.5. The zero-order valence-electron chi connectivity index (χ0n) is 6.32. The van der Waals surface area contributed by atoms with Crippen LogP contribution in [0.25, 0.3) is 0 Å². The molecule has 0 amide bonds. The average molecular weight is 162 g/mol. The van der Waals surface area contributed by atoms with Gasteiger partial charge in [0.1, 0.15) is 0 Å². The highest BCUT2D eigenvalue weighted by Gasteiger charge is 2.17. The zero-order chi connectivity index (χ0) is 8.27. The first-order chi connectivity index (χ1) is 5.20. The molecule has 0 aromatic heterocycles. The summed E-state index contributed by atoms with van der Waals surface area (Å²) in [6, 6.07) is 0. The van der Waals surface area contributed by atoms with E-state index in [2.05, 4.69) is 0 Å². The zero-order valence-corrected chi connectivity index (χ0v) is 6.32. The van der Waals surface area contributed by atoms with Crippen molar-refractivity contribution in [2.24, 2.45) is 0 Å². The molecule has 1 heterocycles. The van der Waals surface area contributed by atoms with Gasteiger partial charge in [-0.3, -0.25) is 5.41 Å². The summed E-state index contributed by atoms with van der Waals surface area (Å²) in [5, 5.41) is 7.33. The third-order valence-corrected chi connectivity index (χ3v) is 1.83. The average Bonchev–Trinajstić information content (AvgIpc) is 1.93. The lowest BCUT2D eigenvalue weighted by atomic mass is 10.1. The molecule has 4 heteroatoms. The van der Waals surface area contributed by atoms with Crippen molar-refractivity contribution >= 4 is 5.84 Å². The number of halogens is 2. The van der Waals surface area contributed by atoms with Gasteiger partial charge in [0.25, 0.3) is 6.43 Å². The largest absolute Gasteiger partial charge is 0.355 e. The van der Waals surface area contributed by atoms with Crippen molar-refractivity contribution in [1.29, 1.82) is 5.41 Å². The van der Waals surface area contributed by atoms with E-state index in [0.29, 0.717) is 18.8 Å². The van der Waals surface area contributed by atoms with Crippen molar-refractivity contribution in [3.63, 3.8) is 0 Å². The molecule has 64 valence electrons. The van der Waals surface area contributed by atoms with Gasteiger partial charge in [-0.2, -0.15) is 0 Å². The number of hydrogen-bond donors (Lipinski definition) is 1. The van der Waals surface area contributed by atoms with Gasteiger partial charge in [-0.05, 0) is 12.8 Å². The van der Waals surface area contributed by atoms with E-state index in [1.807, 2.05) is 0 Å². The van der Waals surface area contributed by atoms with E-state index < -0.39 is 6.43 Å². The Labute approximate surface area is 64.7 Å². The Balaban J connectivity index is 2.36. The lowest BCUT2D eigenvalue weighted by Crippen LogP contribution is -2.38. The van der Waals surface area contributed by atoms with Crippen LogP contribution in [0.15, 0.2) is 0 Å². The van der Waals surface area contributed by atoms with Crippen LogP contribution in [0.3, 0.4) is 0 Å². The predicted octanol–water partition coefficient (Wildman–Crippen LogP) is 1.71. The highest BCUT2D eigenvalue weighted by atomic mass is 19.3. The molecule has 2 nitrogen and oxygen atoms in total. The van der Waals surface area contributed by atoms with Crippen LogP contribution >= 0.6 is 0 Å². The minimum Gasteiger partial charge on any atom is -0.355 e. The van der Waals surface area contributed by atoms with E-state index in [0.717, 1.165) is 12.8 Å². The van der Waals surface area contributed by atoms with Crippen molar-refractivity contribution in [3.05, 3.63) is 0 Å². The van der Waals surface area contributed by atoms with Gasteiger partial charge in [-0.15, -0.1) is 0 Å². The molecule has 1 aliphatic rings. The molecule has 0 bridgehead atoms. The maximum Gasteiger partial charge on any atom is 0.255 e. The Morgan fingerprint density at radius 3 is 2.73 bits per heavy atom. The first kappa shape index (κ1) is 8.43. The minimum atomic E-state index is -2.31. The number of amidine groups is 1. The SMILES string of the molecule is N=C1CCCCN1CC(F)F. The maximum atomic E-state index is 11.9. The highest BCUT2D eigenvalue weighted by Crippen LogP contribution is 2.11. The topological polar surface area (TPSA) is 27.1 Å². The lowest BCUT2D eigenvalue weighted by Gasteiger charge is -2.28. The summed E-state index contributed by atoms with van der Waals surface area (Å²) in [7, 11) is 0. The molecule has 0 radical (unpaired) electrons. The van der Waals surface area contributed by atoms with Crippen LogP contribution in [0, 0.1) is 5.41 Å². The Kier molecular flexibility index (Phi) is 2.79. The molecule has 11 heavy (non-hydrogen) atoms. The number of likely N-dealkylation sites (tertiary alicyclic amines) is 1. The summed E-state index contributed by atoms with van der Waals surface area (Å²) in [5.74, 6) is 0.372. The van der Waals surface area contributed by atoms with E-state index >= 15 is 0 Å². The van der Waals surface area contributed by atoms with Gasteiger partial charge in [0.15, 0.2) is 0 Å². The molecule has 1 aliphatic heterocycles. The van der Waals surface area contributed by atoms with E-state index in [4.69, 9.17) is 5.41 Å². The summed E-state index contributed by atoms with van der Waals surface area (Å²) in [4.78, 5) is 1.47. The Bertz CT molecular complexity index is 147. The fourth-order valence-electron chi connectivity index (χ4n) is 1.26. The molecule has 1 rings (SSSR count). The van der Waals surface area contributed by atoms with Crippen LogP contribution in [-0.2, 0) is 0 Å². The number of alkyl halides is 2. The monoisotopic (exact) mass is 162 g/mol. The second-order valence-electron chi connectivity index (χ2n) is 2.74. The summed E-state index contributed by atoms with van der Waals surface area (Å²) >= 11 is 0. The van der Waals surface area contributed by atoms with Crippen LogP contribution < -0.4 is 0 Å². The van der Waals surface area contributed by atoms with Gasteiger partial charge in [-0.1, -0.05) is 0 Å². The molecule has 0 aromatic rings. The van der Waals surface area contributed by atoms with E-state index in [-0.39, 0.29) is 6.54 Å². The van der Waals surface area contributed by atoms with Crippen molar-refractivity contribution in [2.45, 2.75) is 25.7 Å². The molecule has 1 saturated heterocycles. The quantitative estimate of drug-likeness (QED) is 0.657. The number of piperidine rings is 1. The Morgan fingerprint density at radius 2 is 2.18 bits per heavy atom. The van der Waals surface area contributed by atoms with Crippen molar-refractivity contribution < 1.29 is 8.78 Å². The Morgan fingerprint density at radius 1 is 1.45 bits per heavy atom. The van der Waals surface area contributed by atoms with Crippen LogP contribution in [0.4, 0.5) is 8.78 Å². The summed E-state index contributed by atoms with van der Waals surface area (Å²) < 4.78 is 23.7. The van der Waals surface area contributed by atoms with Crippen molar-refractivity contribution in [3.8, 4) is 0 Å². The second-order valence-corrected chi connectivity index (χ2v) is 2.74. The third kappa shape index (κ3) is 2.44. The van der Waals surface area contributed by atoms with Crippen LogP contribution in [-0.4, -0.2) is 30.3 Å². The van der Waals surface area contributed by atoms with Crippen molar-refractivity contribution in [1.82, 2.24) is 4.90 Å². The van der Waals surface area contributed by atoms with Gasteiger partial charge >= 0.3 is 0 Å². The first-order valence-corrected chi connectivity index (χ1v) is 3.80. The number of nitrogens with one attached hydrogen (secondary N) is 1. The number of hydrogen-bond acceptors (Lipinski definition) is 1. The molecular formula is C7H12F2N2. The van der Waals surface area contributed by atoms with Crippen LogP contribution in [0.2, 0.25) is 0 Å². The molecule has 0 aromatic carbocycles. The summed E-state index contributed by atoms with van der Waals surface area (Å²) in [5.41, 5.74) is 0. The van der Waals surface area contributed by atoms with Gasteiger partial charge in [-0.25, -0.2) is 8.78 Å². The standard InChI is InChI=1S/C7H12F2N2/c8-6(9)5-11-4-2-1-3-7(11)10/h6,10H,1-5H2. The third-order valence-electron chi connectivity index (χ3n) is 1.83. The van der Waals surface area contributed by atoms with Gasteiger partial charge in [0.05, 0.1) is 12.4 Å². The first-order valence-electron chi connectivity index (χ1n) is 3.80. The van der Waals surface area contributed by atoms with E-state index in [1.165, 1.54) is 4.90 Å². The molecule has 1 fully saturated rings. The molecule has 1 N–H and O–H groups in total. The van der Waals surface area contributed by atoms with E-state index in [9.17, 15) is 8.78 Å². The molecule has 0 aliphatic carbocycles. The smallest absolute Gasteiger partial charge is 0.255 e. The fourth-order valence-corrected chi connectivity index (χ4v) is 1.26. The van der Waals surface area contributed by atoms with E-state index in [1.54, 1.807) is 0 Å². The van der Waals surface area contributed by atoms with Gasteiger partial charge in [0, 0.05) is 13.0 Å². The number of rotatable bonds is 2. The lowest BCUT2D eigenvalue weighted by molar-refractivity contribution is 0.112. The van der Waals surface area contributed by atoms with Crippen LogP contribution in [0.5, 0.6) is 0 Å². The Hall–Kier alpha value is -0.670. The summed E-state index contributed by atoms with van der Waals surface area (Å²) in [6.45, 7) is 0.363. The minimum absolute atomic E-state index is 0.265. The fraction of sp³-hybridized carbons (Fsp3) is 0.857. The van der Waals surface area contributed by atoms with Crippen molar-refractivity contribution in [2.75, 3.05) is 13.1 Å². The molecule has 0 saturated carbocycles.